The number of likely N-dealkylation sites (tertiary alicyclic amines) is 1. The van der Waals surface area contributed by atoms with Crippen LogP contribution in [0.5, 0.6) is 0 Å². The molecule has 1 unspecified atom stereocenters. The van der Waals surface area contributed by atoms with Crippen LogP contribution >= 0.6 is 27.3 Å². The molecule has 0 saturated carbocycles. The van der Waals surface area contributed by atoms with E-state index in [4.69, 9.17) is 0 Å². The van der Waals surface area contributed by atoms with Gasteiger partial charge in [0.05, 0.1) is 0 Å². The monoisotopic (exact) mass is 512 g/mol. The molecule has 2 aromatic carbocycles. The maximum Gasteiger partial charge on any atom is 0.254 e. The maximum atomic E-state index is 13.1. The predicted octanol–water partition coefficient (Wildman–Crippen LogP) is 5.51. The summed E-state index contributed by atoms with van der Waals surface area (Å²) in [6, 6.07) is 14.9. The van der Waals surface area contributed by atoms with Crippen LogP contribution < -0.4 is 5.32 Å². The molecule has 1 saturated heterocycles. The molecule has 2 heterocycles. The van der Waals surface area contributed by atoms with Crippen LogP contribution in [0.2, 0.25) is 0 Å². The zero-order valence-electron chi connectivity index (χ0n) is 18.3. The van der Waals surface area contributed by atoms with Gasteiger partial charge >= 0.3 is 0 Å². The summed E-state index contributed by atoms with van der Waals surface area (Å²) < 4.78 is 0.950. The molecule has 1 aromatic heterocycles. The Morgan fingerprint density at radius 1 is 1.12 bits per heavy atom. The average Bonchev–Trinajstić information content (AvgIpc) is 3.42. The quantitative estimate of drug-likeness (QED) is 0.500. The first-order valence-electron chi connectivity index (χ1n) is 10.5. The standard InChI is InChI=1S/C24H25BrN4O2S/c1-24(2,3)17-11-9-15(10-12-17)22(31)29-13-5-8-19(29)20(30)26-23-28-27-21(32-23)16-6-4-7-18(25)14-16/h4,6-7,9-12,14,19H,5,8,13H2,1-3H3,(H,26,28,30). The lowest BCUT2D eigenvalue weighted by atomic mass is 9.86. The van der Waals surface area contributed by atoms with E-state index < -0.39 is 6.04 Å². The van der Waals surface area contributed by atoms with Gasteiger partial charge in [0, 0.05) is 22.1 Å². The first kappa shape index (κ1) is 22.6. The third kappa shape index (κ3) is 4.91. The minimum atomic E-state index is -0.511. The van der Waals surface area contributed by atoms with Crippen LogP contribution in [0.4, 0.5) is 5.13 Å². The maximum absolute atomic E-state index is 13.1. The molecule has 0 aliphatic carbocycles. The second kappa shape index (κ2) is 9.11. The number of nitrogens with zero attached hydrogens (tertiary/aromatic N) is 3. The Morgan fingerprint density at radius 2 is 1.88 bits per heavy atom. The van der Waals surface area contributed by atoms with Crippen molar-refractivity contribution in [1.82, 2.24) is 15.1 Å². The van der Waals surface area contributed by atoms with Crippen molar-refractivity contribution >= 4 is 44.2 Å². The van der Waals surface area contributed by atoms with E-state index in [1.807, 2.05) is 48.5 Å². The second-order valence-corrected chi connectivity index (χ2v) is 10.8. The molecular formula is C24H25BrN4O2S. The number of anilines is 1. The number of rotatable bonds is 4. The smallest absolute Gasteiger partial charge is 0.254 e. The van der Waals surface area contributed by atoms with Gasteiger partial charge in [-0.15, -0.1) is 10.2 Å². The van der Waals surface area contributed by atoms with E-state index in [9.17, 15) is 9.59 Å². The highest BCUT2D eigenvalue weighted by Crippen LogP contribution is 2.29. The Kier molecular flexibility index (Phi) is 6.44. The zero-order chi connectivity index (χ0) is 22.9. The molecule has 8 heteroatoms. The number of hydrogen-bond acceptors (Lipinski definition) is 5. The minimum Gasteiger partial charge on any atom is -0.327 e. The fraction of sp³-hybridized carbons (Fsp3) is 0.333. The summed E-state index contributed by atoms with van der Waals surface area (Å²) in [5, 5.41) is 12.3. The van der Waals surface area contributed by atoms with E-state index >= 15 is 0 Å². The summed E-state index contributed by atoms with van der Waals surface area (Å²) in [7, 11) is 0. The molecule has 166 valence electrons. The summed E-state index contributed by atoms with van der Waals surface area (Å²) in [5.74, 6) is -0.339. The molecule has 0 bridgehead atoms. The lowest BCUT2D eigenvalue weighted by molar-refractivity contribution is -0.119. The third-order valence-electron chi connectivity index (χ3n) is 5.54. The molecule has 1 aliphatic rings. The SMILES string of the molecule is CC(C)(C)c1ccc(C(=O)N2CCCC2C(=O)Nc2nnc(-c3cccc(Br)c3)s2)cc1. The van der Waals surface area contributed by atoms with Crippen LogP contribution in [0, 0.1) is 0 Å². The number of carbonyl (C=O) groups excluding carboxylic acids is 2. The van der Waals surface area contributed by atoms with Crippen molar-refractivity contribution in [2.45, 2.75) is 45.1 Å². The predicted molar refractivity (Wildman–Crippen MR) is 131 cm³/mol. The fourth-order valence-electron chi connectivity index (χ4n) is 3.76. The van der Waals surface area contributed by atoms with E-state index in [1.54, 1.807) is 4.90 Å². The molecule has 6 nitrogen and oxygen atoms in total. The molecule has 0 radical (unpaired) electrons. The molecule has 1 atom stereocenters. The van der Waals surface area contributed by atoms with E-state index in [-0.39, 0.29) is 17.2 Å². The molecule has 1 aliphatic heterocycles. The second-order valence-electron chi connectivity index (χ2n) is 8.90. The lowest BCUT2D eigenvalue weighted by Crippen LogP contribution is -2.43. The lowest BCUT2D eigenvalue weighted by Gasteiger charge is -2.24. The number of hydrogen-bond donors (Lipinski definition) is 1. The molecule has 1 fully saturated rings. The van der Waals surface area contributed by atoms with Crippen LogP contribution in [0.25, 0.3) is 10.6 Å². The van der Waals surface area contributed by atoms with E-state index in [0.29, 0.717) is 23.7 Å². The van der Waals surface area contributed by atoms with Gasteiger partial charge in [0.15, 0.2) is 0 Å². The summed E-state index contributed by atoms with van der Waals surface area (Å²) in [5.41, 5.74) is 2.72. The topological polar surface area (TPSA) is 75.2 Å². The third-order valence-corrected chi connectivity index (χ3v) is 6.92. The van der Waals surface area contributed by atoms with Crippen LogP contribution in [0.3, 0.4) is 0 Å². The molecule has 3 aromatic rings. The number of amides is 2. The highest BCUT2D eigenvalue weighted by atomic mass is 79.9. The highest BCUT2D eigenvalue weighted by molar-refractivity contribution is 9.10. The summed E-state index contributed by atoms with van der Waals surface area (Å²) >= 11 is 4.77. The van der Waals surface area contributed by atoms with Gasteiger partial charge < -0.3 is 4.90 Å². The molecule has 32 heavy (non-hydrogen) atoms. The Balaban J connectivity index is 1.45. The van der Waals surface area contributed by atoms with Gasteiger partial charge in [0.25, 0.3) is 5.91 Å². The van der Waals surface area contributed by atoms with Gasteiger partial charge in [-0.05, 0) is 48.1 Å². The number of nitrogens with one attached hydrogen (secondary N) is 1. The number of aromatic nitrogens is 2. The summed E-state index contributed by atoms with van der Waals surface area (Å²) in [6.45, 7) is 6.98. The van der Waals surface area contributed by atoms with Gasteiger partial charge in [-0.3, -0.25) is 14.9 Å². The molecule has 4 rings (SSSR count). The molecular weight excluding hydrogens is 488 g/mol. The highest BCUT2D eigenvalue weighted by Gasteiger charge is 2.35. The zero-order valence-corrected chi connectivity index (χ0v) is 20.7. The van der Waals surface area contributed by atoms with Crippen molar-refractivity contribution in [2.24, 2.45) is 0 Å². The normalized spacial score (nSPS) is 16.2. The Bertz CT molecular complexity index is 1140. The minimum absolute atomic E-state index is 0.0219. The van der Waals surface area contributed by atoms with Gasteiger partial charge in [0.2, 0.25) is 11.0 Å². The summed E-state index contributed by atoms with van der Waals surface area (Å²) in [6.07, 6.45) is 1.43. The van der Waals surface area contributed by atoms with Crippen molar-refractivity contribution in [3.63, 3.8) is 0 Å². The van der Waals surface area contributed by atoms with Crippen LogP contribution in [-0.4, -0.2) is 39.5 Å². The first-order chi connectivity index (χ1) is 15.2. The molecule has 1 N–H and O–H groups in total. The summed E-state index contributed by atoms with van der Waals surface area (Å²) in [4.78, 5) is 27.7. The van der Waals surface area contributed by atoms with Crippen molar-refractivity contribution in [1.29, 1.82) is 0 Å². The Hall–Kier alpha value is -2.58. The van der Waals surface area contributed by atoms with E-state index in [2.05, 4.69) is 52.2 Å². The molecule has 2 amide bonds. The van der Waals surface area contributed by atoms with Gasteiger partial charge in [-0.25, -0.2) is 0 Å². The van der Waals surface area contributed by atoms with Gasteiger partial charge in [-0.2, -0.15) is 0 Å². The first-order valence-corrected chi connectivity index (χ1v) is 12.1. The van der Waals surface area contributed by atoms with Crippen molar-refractivity contribution in [3.05, 3.63) is 64.1 Å². The van der Waals surface area contributed by atoms with Gasteiger partial charge in [-0.1, -0.05) is 72.3 Å². The number of halogens is 1. The Morgan fingerprint density at radius 3 is 2.56 bits per heavy atom. The average molecular weight is 513 g/mol. The van der Waals surface area contributed by atoms with Crippen LogP contribution in [0.15, 0.2) is 53.0 Å². The fourth-order valence-corrected chi connectivity index (χ4v) is 4.90. The Labute approximate surface area is 200 Å². The van der Waals surface area contributed by atoms with Crippen molar-refractivity contribution < 1.29 is 9.59 Å². The number of benzene rings is 2. The largest absolute Gasteiger partial charge is 0.327 e. The van der Waals surface area contributed by atoms with Crippen molar-refractivity contribution in [3.8, 4) is 10.6 Å². The van der Waals surface area contributed by atoms with Crippen LogP contribution in [0.1, 0.15) is 49.5 Å². The number of carbonyl (C=O) groups is 2. The molecule has 0 spiro atoms. The van der Waals surface area contributed by atoms with E-state index in [0.717, 1.165) is 21.5 Å². The van der Waals surface area contributed by atoms with E-state index in [1.165, 1.54) is 16.9 Å². The van der Waals surface area contributed by atoms with Gasteiger partial charge in [0.1, 0.15) is 11.0 Å². The van der Waals surface area contributed by atoms with Crippen LogP contribution in [-0.2, 0) is 10.2 Å². The van der Waals surface area contributed by atoms with Crippen molar-refractivity contribution in [2.75, 3.05) is 11.9 Å².